The van der Waals surface area contributed by atoms with Crippen molar-refractivity contribution in [3.05, 3.63) is 0 Å². The summed E-state index contributed by atoms with van der Waals surface area (Å²) in [6.45, 7) is 4.82. The summed E-state index contributed by atoms with van der Waals surface area (Å²) in [7, 11) is 0. The molecule has 12 heavy (non-hydrogen) atoms. The number of hydrogen-bond acceptors (Lipinski definition) is 2. The normalized spacial score (nSPS) is 38.5. The Balaban J connectivity index is 2.53. The molecule has 1 aliphatic carbocycles. The molecule has 0 radical (unpaired) electrons. The molecule has 0 saturated heterocycles. The van der Waals surface area contributed by atoms with E-state index in [0.717, 1.165) is 0 Å². The second-order valence-corrected chi connectivity index (χ2v) is 4.22. The van der Waals surface area contributed by atoms with Gasteiger partial charge in [0.15, 0.2) is 0 Å². The number of hydrogen-bond donors (Lipinski definition) is 2. The van der Waals surface area contributed by atoms with Gasteiger partial charge in [0.05, 0.1) is 0 Å². The third-order valence-corrected chi connectivity index (χ3v) is 3.47. The van der Waals surface area contributed by atoms with E-state index in [-0.39, 0.29) is 13.2 Å². The summed E-state index contributed by atoms with van der Waals surface area (Å²) >= 11 is 0. The van der Waals surface area contributed by atoms with Gasteiger partial charge in [-0.3, -0.25) is 0 Å². The zero-order chi connectivity index (χ0) is 9.14. The van der Waals surface area contributed by atoms with Crippen molar-refractivity contribution in [2.24, 2.45) is 23.7 Å². The maximum Gasteiger partial charge on any atom is 0.0464 e. The van der Waals surface area contributed by atoms with Crippen LogP contribution in [-0.4, -0.2) is 23.4 Å². The van der Waals surface area contributed by atoms with E-state index in [9.17, 15) is 0 Å². The van der Waals surface area contributed by atoms with Gasteiger partial charge >= 0.3 is 0 Å². The minimum atomic E-state index is 0.258. The summed E-state index contributed by atoms with van der Waals surface area (Å²) in [4.78, 5) is 0. The summed E-state index contributed by atoms with van der Waals surface area (Å²) < 4.78 is 0. The Labute approximate surface area is 74.6 Å². The highest BCUT2D eigenvalue weighted by molar-refractivity contribution is 4.84. The van der Waals surface area contributed by atoms with E-state index in [1.165, 1.54) is 12.8 Å². The predicted molar refractivity (Wildman–Crippen MR) is 48.7 cm³/mol. The van der Waals surface area contributed by atoms with Crippen molar-refractivity contribution < 1.29 is 10.2 Å². The first kappa shape index (κ1) is 10.0. The SMILES string of the molecule is C[C@@H](CO)[C@H]1CC[C@H](C)[C@H]1CO. The Bertz CT molecular complexity index is 136. The zero-order valence-corrected chi connectivity index (χ0v) is 8.03. The Kier molecular flexibility index (Phi) is 3.53. The van der Waals surface area contributed by atoms with Gasteiger partial charge in [-0.2, -0.15) is 0 Å². The summed E-state index contributed by atoms with van der Waals surface area (Å²) in [5.41, 5.74) is 0. The maximum atomic E-state index is 9.17. The van der Waals surface area contributed by atoms with Crippen molar-refractivity contribution in [2.75, 3.05) is 13.2 Å². The fourth-order valence-corrected chi connectivity index (χ4v) is 2.46. The molecule has 0 amide bonds. The van der Waals surface area contributed by atoms with E-state index in [1.807, 2.05) is 0 Å². The van der Waals surface area contributed by atoms with E-state index in [4.69, 9.17) is 10.2 Å². The zero-order valence-electron chi connectivity index (χ0n) is 8.03. The Morgan fingerprint density at radius 2 is 2.00 bits per heavy atom. The van der Waals surface area contributed by atoms with Crippen molar-refractivity contribution in [3.63, 3.8) is 0 Å². The monoisotopic (exact) mass is 172 g/mol. The molecule has 1 aliphatic rings. The third kappa shape index (κ3) is 1.80. The summed E-state index contributed by atoms with van der Waals surface area (Å²) in [5, 5.41) is 18.2. The molecule has 0 aliphatic heterocycles. The van der Waals surface area contributed by atoms with Crippen LogP contribution in [0.15, 0.2) is 0 Å². The number of rotatable bonds is 3. The van der Waals surface area contributed by atoms with E-state index in [0.29, 0.717) is 23.7 Å². The Morgan fingerprint density at radius 1 is 1.33 bits per heavy atom. The lowest BCUT2D eigenvalue weighted by Crippen LogP contribution is -2.24. The smallest absolute Gasteiger partial charge is 0.0464 e. The molecule has 72 valence electrons. The van der Waals surface area contributed by atoms with Crippen LogP contribution >= 0.6 is 0 Å². The molecular formula is C10H20O2. The average molecular weight is 172 g/mol. The quantitative estimate of drug-likeness (QED) is 0.673. The third-order valence-electron chi connectivity index (χ3n) is 3.47. The molecule has 4 atom stereocenters. The van der Waals surface area contributed by atoms with Crippen LogP contribution in [0.5, 0.6) is 0 Å². The van der Waals surface area contributed by atoms with Crippen LogP contribution in [0.2, 0.25) is 0 Å². The molecule has 0 aromatic heterocycles. The second kappa shape index (κ2) is 4.24. The lowest BCUT2D eigenvalue weighted by molar-refractivity contribution is 0.108. The molecule has 1 rings (SSSR count). The Hall–Kier alpha value is -0.0800. The van der Waals surface area contributed by atoms with Gasteiger partial charge in [-0.15, -0.1) is 0 Å². The van der Waals surface area contributed by atoms with E-state index in [2.05, 4.69) is 13.8 Å². The first-order chi connectivity index (χ1) is 5.70. The minimum absolute atomic E-state index is 0.258. The minimum Gasteiger partial charge on any atom is -0.396 e. The van der Waals surface area contributed by atoms with Crippen molar-refractivity contribution in [3.8, 4) is 0 Å². The van der Waals surface area contributed by atoms with Crippen molar-refractivity contribution in [2.45, 2.75) is 26.7 Å². The van der Waals surface area contributed by atoms with E-state index >= 15 is 0 Å². The highest BCUT2D eigenvalue weighted by Gasteiger charge is 2.35. The first-order valence-corrected chi connectivity index (χ1v) is 4.92. The van der Waals surface area contributed by atoms with Gasteiger partial charge in [-0.1, -0.05) is 20.3 Å². The van der Waals surface area contributed by atoms with Crippen molar-refractivity contribution in [1.29, 1.82) is 0 Å². The van der Waals surface area contributed by atoms with Crippen LogP contribution in [0.3, 0.4) is 0 Å². The molecule has 1 saturated carbocycles. The van der Waals surface area contributed by atoms with Gasteiger partial charge < -0.3 is 10.2 Å². The van der Waals surface area contributed by atoms with Crippen molar-refractivity contribution in [1.82, 2.24) is 0 Å². The standard InChI is InChI=1S/C10H20O2/c1-7-3-4-9(8(2)5-11)10(7)6-12/h7-12H,3-6H2,1-2H3/t7-,8-,9+,10+/m0/s1. The molecule has 2 N–H and O–H groups in total. The molecule has 0 aromatic carbocycles. The van der Waals surface area contributed by atoms with Gasteiger partial charge in [0, 0.05) is 13.2 Å². The highest BCUT2D eigenvalue weighted by atomic mass is 16.3. The highest BCUT2D eigenvalue weighted by Crippen LogP contribution is 2.40. The van der Waals surface area contributed by atoms with Crippen molar-refractivity contribution >= 4 is 0 Å². The van der Waals surface area contributed by atoms with Gasteiger partial charge in [0.1, 0.15) is 0 Å². The lowest BCUT2D eigenvalue weighted by atomic mass is 9.83. The molecule has 0 spiro atoms. The van der Waals surface area contributed by atoms with E-state index in [1.54, 1.807) is 0 Å². The fourth-order valence-electron chi connectivity index (χ4n) is 2.46. The van der Waals surface area contributed by atoms with Gasteiger partial charge in [-0.25, -0.2) is 0 Å². The summed E-state index contributed by atoms with van der Waals surface area (Å²) in [6.07, 6.45) is 2.38. The molecule has 2 heteroatoms. The topological polar surface area (TPSA) is 40.5 Å². The molecule has 0 bridgehead atoms. The largest absolute Gasteiger partial charge is 0.396 e. The van der Waals surface area contributed by atoms with Crippen LogP contribution in [0, 0.1) is 23.7 Å². The molecule has 2 nitrogen and oxygen atoms in total. The van der Waals surface area contributed by atoms with Gasteiger partial charge in [-0.05, 0) is 30.1 Å². The van der Waals surface area contributed by atoms with Crippen LogP contribution in [-0.2, 0) is 0 Å². The molecule has 1 fully saturated rings. The van der Waals surface area contributed by atoms with Crippen LogP contribution in [0.1, 0.15) is 26.7 Å². The van der Waals surface area contributed by atoms with Gasteiger partial charge in [0.2, 0.25) is 0 Å². The molecule has 0 heterocycles. The van der Waals surface area contributed by atoms with E-state index < -0.39 is 0 Å². The average Bonchev–Trinajstić information content (AvgIpc) is 2.45. The first-order valence-electron chi connectivity index (χ1n) is 4.92. The van der Waals surface area contributed by atoms with Gasteiger partial charge in [0.25, 0.3) is 0 Å². The predicted octanol–water partition coefficient (Wildman–Crippen LogP) is 1.27. The summed E-state index contributed by atoms with van der Waals surface area (Å²) in [5.74, 6) is 1.95. The van der Waals surface area contributed by atoms with Crippen LogP contribution in [0.25, 0.3) is 0 Å². The number of aliphatic hydroxyl groups excluding tert-OH is 2. The second-order valence-electron chi connectivity index (χ2n) is 4.22. The van der Waals surface area contributed by atoms with Crippen LogP contribution < -0.4 is 0 Å². The lowest BCUT2D eigenvalue weighted by Gasteiger charge is -2.24. The fraction of sp³-hybridized carbons (Fsp3) is 1.00. The van der Waals surface area contributed by atoms with Crippen LogP contribution in [0.4, 0.5) is 0 Å². The molecule has 0 aromatic rings. The Morgan fingerprint density at radius 3 is 2.50 bits per heavy atom. The summed E-state index contributed by atoms with van der Waals surface area (Å²) in [6, 6.07) is 0. The maximum absolute atomic E-state index is 9.17. The number of aliphatic hydroxyl groups is 2. The molecular weight excluding hydrogens is 152 g/mol. The molecule has 0 unspecified atom stereocenters.